The molecule has 2 aromatic rings. The van der Waals surface area contributed by atoms with Crippen molar-refractivity contribution in [3.8, 4) is 5.75 Å². The number of rotatable bonds is 8. The van der Waals surface area contributed by atoms with Gasteiger partial charge in [0.05, 0.1) is 22.8 Å². The van der Waals surface area contributed by atoms with Gasteiger partial charge in [-0.25, -0.2) is 9.59 Å². The highest BCUT2D eigenvalue weighted by atomic mass is 35.5. The first-order valence-corrected chi connectivity index (χ1v) is 9.21. The fourth-order valence-electron chi connectivity index (χ4n) is 2.27. The Morgan fingerprint density at radius 2 is 1.65 bits per heavy atom. The van der Waals surface area contributed by atoms with Crippen molar-refractivity contribution in [2.24, 2.45) is 0 Å². The quantitative estimate of drug-likeness (QED) is 0.315. The summed E-state index contributed by atoms with van der Waals surface area (Å²) in [5.41, 5.74) is 0.536. The van der Waals surface area contributed by atoms with E-state index < -0.39 is 11.9 Å². The van der Waals surface area contributed by atoms with Gasteiger partial charge in [0.2, 0.25) is 0 Å². The van der Waals surface area contributed by atoms with Crippen molar-refractivity contribution in [2.75, 3.05) is 6.61 Å². The minimum absolute atomic E-state index is 0.199. The van der Waals surface area contributed by atoms with Crippen LogP contribution in [0.4, 0.5) is 0 Å². The van der Waals surface area contributed by atoms with Gasteiger partial charge in [0.25, 0.3) is 0 Å². The van der Waals surface area contributed by atoms with Gasteiger partial charge in [-0.3, -0.25) is 0 Å². The van der Waals surface area contributed by atoms with Gasteiger partial charge in [-0.1, -0.05) is 55.5 Å². The van der Waals surface area contributed by atoms with Crippen LogP contribution >= 0.6 is 23.2 Å². The molecule has 0 spiro atoms. The van der Waals surface area contributed by atoms with Gasteiger partial charge >= 0.3 is 11.9 Å². The highest BCUT2D eigenvalue weighted by molar-refractivity contribution is 6.35. The summed E-state index contributed by atoms with van der Waals surface area (Å²) in [5, 5.41) is 0.673. The van der Waals surface area contributed by atoms with E-state index in [1.807, 2.05) is 0 Å². The van der Waals surface area contributed by atoms with Crippen LogP contribution in [-0.4, -0.2) is 18.5 Å². The zero-order chi connectivity index (χ0) is 18.9. The first-order valence-electron chi connectivity index (χ1n) is 8.45. The molecular formula is C20H20Cl2O4. The third-order valence-corrected chi connectivity index (χ3v) is 4.19. The van der Waals surface area contributed by atoms with Gasteiger partial charge in [-0.05, 0) is 42.8 Å². The number of carbonyl (C=O) groups is 2. The second-order valence-corrected chi connectivity index (χ2v) is 6.59. The average molecular weight is 395 g/mol. The molecule has 0 saturated heterocycles. The van der Waals surface area contributed by atoms with Crippen LogP contribution in [-0.2, 0) is 4.74 Å². The maximum absolute atomic E-state index is 12.3. The zero-order valence-corrected chi connectivity index (χ0v) is 16.0. The lowest BCUT2D eigenvalue weighted by molar-refractivity contribution is 0.0498. The Hall–Kier alpha value is -2.04. The van der Waals surface area contributed by atoms with Crippen LogP contribution in [0, 0.1) is 0 Å². The second-order valence-electron chi connectivity index (χ2n) is 5.74. The first-order chi connectivity index (χ1) is 12.5. The lowest BCUT2D eigenvalue weighted by Gasteiger charge is -2.08. The van der Waals surface area contributed by atoms with Crippen molar-refractivity contribution in [1.82, 2.24) is 0 Å². The lowest BCUT2D eigenvalue weighted by atomic mass is 10.1. The summed E-state index contributed by atoms with van der Waals surface area (Å²) < 4.78 is 10.5. The molecule has 26 heavy (non-hydrogen) atoms. The molecule has 4 nitrogen and oxygen atoms in total. The van der Waals surface area contributed by atoms with E-state index in [9.17, 15) is 9.59 Å². The summed E-state index contributed by atoms with van der Waals surface area (Å²) in [4.78, 5) is 24.4. The molecule has 0 bridgehead atoms. The Balaban J connectivity index is 1.99. The van der Waals surface area contributed by atoms with Crippen molar-refractivity contribution in [1.29, 1.82) is 0 Å². The average Bonchev–Trinajstić information content (AvgIpc) is 2.63. The van der Waals surface area contributed by atoms with Crippen LogP contribution in [0.1, 0.15) is 53.3 Å². The number of hydrogen-bond acceptors (Lipinski definition) is 4. The monoisotopic (exact) mass is 394 g/mol. The molecule has 2 rings (SSSR count). The minimum Gasteiger partial charge on any atom is -0.462 e. The molecule has 0 aromatic heterocycles. The first kappa shape index (κ1) is 20.3. The molecule has 0 heterocycles. The fraction of sp³-hybridized carbons (Fsp3) is 0.300. The maximum atomic E-state index is 12.3. The Morgan fingerprint density at radius 1 is 0.923 bits per heavy atom. The van der Waals surface area contributed by atoms with Crippen molar-refractivity contribution in [3.63, 3.8) is 0 Å². The standard InChI is InChI=1S/C20H20Cl2O4/c1-2-3-4-5-11-25-19(23)14-7-6-8-15(12-14)20(24)26-18-10-9-16(21)13-17(18)22/h6-10,12-13H,2-5,11H2,1H3. The van der Waals surface area contributed by atoms with Crippen LogP contribution in [0.5, 0.6) is 5.75 Å². The van der Waals surface area contributed by atoms with Crippen molar-refractivity contribution >= 4 is 35.1 Å². The Morgan fingerprint density at radius 3 is 2.35 bits per heavy atom. The summed E-state index contributed by atoms with van der Waals surface area (Å²) in [5.74, 6) is -0.877. The molecule has 0 unspecified atom stereocenters. The van der Waals surface area contributed by atoms with Crippen molar-refractivity contribution < 1.29 is 19.1 Å². The molecule has 0 amide bonds. The highest BCUT2D eigenvalue weighted by Gasteiger charge is 2.14. The Kier molecular flexibility index (Phi) is 7.95. The summed E-state index contributed by atoms with van der Waals surface area (Å²) >= 11 is 11.8. The third-order valence-electron chi connectivity index (χ3n) is 3.66. The zero-order valence-electron chi connectivity index (χ0n) is 14.5. The van der Waals surface area contributed by atoms with E-state index in [1.54, 1.807) is 24.3 Å². The van der Waals surface area contributed by atoms with Crippen LogP contribution in [0.3, 0.4) is 0 Å². The molecule has 0 radical (unpaired) electrons. The largest absolute Gasteiger partial charge is 0.462 e. The molecule has 0 saturated carbocycles. The molecule has 0 aliphatic rings. The molecule has 0 atom stereocenters. The number of halogens is 2. The van der Waals surface area contributed by atoms with E-state index in [4.69, 9.17) is 32.7 Å². The normalized spacial score (nSPS) is 10.4. The molecule has 0 aliphatic heterocycles. The van der Waals surface area contributed by atoms with E-state index >= 15 is 0 Å². The SMILES string of the molecule is CCCCCCOC(=O)c1cccc(C(=O)Oc2ccc(Cl)cc2Cl)c1. The molecule has 6 heteroatoms. The smallest absolute Gasteiger partial charge is 0.343 e. The summed E-state index contributed by atoms with van der Waals surface area (Å²) in [7, 11) is 0. The summed E-state index contributed by atoms with van der Waals surface area (Å²) in [6.45, 7) is 2.49. The van der Waals surface area contributed by atoms with E-state index in [1.165, 1.54) is 18.2 Å². The van der Waals surface area contributed by atoms with Gasteiger partial charge < -0.3 is 9.47 Å². The number of ether oxygens (including phenoxy) is 2. The third kappa shape index (κ3) is 6.04. The minimum atomic E-state index is -0.619. The van der Waals surface area contributed by atoms with Gasteiger partial charge in [-0.2, -0.15) is 0 Å². The van der Waals surface area contributed by atoms with E-state index in [0.29, 0.717) is 17.2 Å². The van der Waals surface area contributed by atoms with E-state index in [0.717, 1.165) is 25.7 Å². The van der Waals surface area contributed by atoms with Gasteiger partial charge in [-0.15, -0.1) is 0 Å². The van der Waals surface area contributed by atoms with Gasteiger partial charge in [0.1, 0.15) is 5.75 Å². The Labute approximate surface area is 163 Å². The topological polar surface area (TPSA) is 52.6 Å². The van der Waals surface area contributed by atoms with Gasteiger partial charge in [0, 0.05) is 5.02 Å². The number of carbonyl (C=O) groups excluding carboxylic acids is 2. The predicted octanol–water partition coefficient (Wildman–Crippen LogP) is 5.95. The van der Waals surface area contributed by atoms with Crippen molar-refractivity contribution in [3.05, 3.63) is 63.6 Å². The molecule has 0 aliphatic carbocycles. The van der Waals surface area contributed by atoms with Crippen LogP contribution in [0.25, 0.3) is 0 Å². The Bertz CT molecular complexity index is 774. The molecule has 2 aromatic carbocycles. The number of unbranched alkanes of at least 4 members (excludes halogenated alkanes) is 3. The van der Waals surface area contributed by atoms with Crippen LogP contribution in [0.2, 0.25) is 10.0 Å². The van der Waals surface area contributed by atoms with Gasteiger partial charge in [0.15, 0.2) is 0 Å². The second kappa shape index (κ2) is 10.2. The van der Waals surface area contributed by atoms with Crippen molar-refractivity contribution in [2.45, 2.75) is 32.6 Å². The number of hydrogen-bond donors (Lipinski definition) is 0. The number of benzene rings is 2. The van der Waals surface area contributed by atoms with Crippen LogP contribution in [0.15, 0.2) is 42.5 Å². The van der Waals surface area contributed by atoms with E-state index in [2.05, 4.69) is 6.92 Å². The lowest BCUT2D eigenvalue weighted by Crippen LogP contribution is -2.11. The van der Waals surface area contributed by atoms with E-state index in [-0.39, 0.29) is 16.3 Å². The van der Waals surface area contributed by atoms with Crippen LogP contribution < -0.4 is 4.74 Å². The molecule has 0 N–H and O–H groups in total. The molecule has 138 valence electrons. The highest BCUT2D eigenvalue weighted by Crippen LogP contribution is 2.28. The summed E-state index contributed by atoms with van der Waals surface area (Å²) in [6, 6.07) is 10.8. The predicted molar refractivity (Wildman–Crippen MR) is 102 cm³/mol. The molecular weight excluding hydrogens is 375 g/mol. The fourth-order valence-corrected chi connectivity index (χ4v) is 2.71. The maximum Gasteiger partial charge on any atom is 0.343 e. The number of esters is 2. The molecule has 0 fully saturated rings. The summed E-state index contributed by atoms with van der Waals surface area (Å²) in [6.07, 6.45) is 4.09.